The van der Waals surface area contributed by atoms with Gasteiger partial charge in [-0.25, -0.2) is 14.8 Å². The van der Waals surface area contributed by atoms with Crippen LogP contribution < -0.4 is 9.47 Å². The van der Waals surface area contributed by atoms with Crippen molar-refractivity contribution in [1.29, 1.82) is 0 Å². The summed E-state index contributed by atoms with van der Waals surface area (Å²) in [7, 11) is 1.46. The summed E-state index contributed by atoms with van der Waals surface area (Å²) in [6.45, 7) is 0. The van der Waals surface area contributed by atoms with Gasteiger partial charge in [0, 0.05) is 6.07 Å². The van der Waals surface area contributed by atoms with Gasteiger partial charge < -0.3 is 14.6 Å². The van der Waals surface area contributed by atoms with Gasteiger partial charge in [-0.1, -0.05) is 0 Å². The molecule has 21 heavy (non-hydrogen) atoms. The Balaban J connectivity index is 2.03. The Kier molecular flexibility index (Phi) is 3.41. The van der Waals surface area contributed by atoms with Crippen LogP contribution in [0.2, 0.25) is 0 Å². The molecular formula is C14H10N2O4S. The molecule has 6 nitrogen and oxygen atoms in total. The number of carboxylic acid groups (broad SMARTS) is 1. The second-order valence-electron chi connectivity index (χ2n) is 4.12. The molecule has 3 rings (SSSR count). The van der Waals surface area contributed by atoms with Crippen molar-refractivity contribution in [3.8, 4) is 17.4 Å². The zero-order chi connectivity index (χ0) is 14.8. The highest BCUT2D eigenvalue weighted by atomic mass is 32.1. The second-order valence-corrected chi connectivity index (χ2v) is 5.02. The number of ether oxygens (including phenoxy) is 2. The zero-order valence-electron chi connectivity index (χ0n) is 10.9. The molecule has 0 aliphatic heterocycles. The number of methoxy groups -OCH3 is 1. The first-order valence-corrected chi connectivity index (χ1v) is 6.84. The molecule has 1 aromatic carbocycles. The summed E-state index contributed by atoms with van der Waals surface area (Å²) < 4.78 is 10.8. The van der Waals surface area contributed by atoms with E-state index in [0.717, 1.165) is 10.2 Å². The summed E-state index contributed by atoms with van der Waals surface area (Å²) in [5, 5.41) is 11.8. The first-order chi connectivity index (χ1) is 10.2. The molecule has 0 radical (unpaired) electrons. The third kappa shape index (κ3) is 2.63. The van der Waals surface area contributed by atoms with Crippen LogP contribution in [0.25, 0.3) is 10.2 Å². The normalized spacial score (nSPS) is 10.5. The highest BCUT2D eigenvalue weighted by molar-refractivity contribution is 7.16. The van der Waals surface area contributed by atoms with E-state index < -0.39 is 5.97 Å². The zero-order valence-corrected chi connectivity index (χ0v) is 11.8. The Morgan fingerprint density at radius 3 is 2.81 bits per heavy atom. The lowest BCUT2D eigenvalue weighted by molar-refractivity contribution is 0.0696. The lowest BCUT2D eigenvalue weighted by atomic mass is 10.2. The molecule has 0 aliphatic carbocycles. The first-order valence-electron chi connectivity index (χ1n) is 5.96. The molecule has 106 valence electrons. The number of hydrogen-bond donors (Lipinski definition) is 1. The van der Waals surface area contributed by atoms with E-state index in [1.807, 2.05) is 11.4 Å². The Labute approximate surface area is 123 Å². The molecule has 2 aromatic heterocycles. The van der Waals surface area contributed by atoms with Gasteiger partial charge in [-0.15, -0.1) is 11.3 Å². The molecule has 0 saturated carbocycles. The van der Waals surface area contributed by atoms with Crippen LogP contribution in [0, 0.1) is 0 Å². The lowest BCUT2D eigenvalue weighted by Crippen LogP contribution is -1.98. The van der Waals surface area contributed by atoms with Gasteiger partial charge in [0.25, 0.3) is 0 Å². The maximum atomic E-state index is 11.1. The number of rotatable bonds is 4. The lowest BCUT2D eigenvalue weighted by Gasteiger charge is -2.08. The van der Waals surface area contributed by atoms with E-state index in [2.05, 4.69) is 9.97 Å². The minimum absolute atomic E-state index is 0.0833. The van der Waals surface area contributed by atoms with Gasteiger partial charge in [0.05, 0.1) is 18.1 Å². The number of carboxylic acids is 1. The second kappa shape index (κ2) is 5.37. The molecule has 2 heterocycles. The molecule has 0 spiro atoms. The number of aromatic nitrogens is 2. The summed E-state index contributed by atoms with van der Waals surface area (Å²) >= 11 is 1.48. The van der Waals surface area contributed by atoms with Crippen molar-refractivity contribution in [3.05, 3.63) is 41.5 Å². The van der Waals surface area contributed by atoms with Crippen LogP contribution in [-0.2, 0) is 0 Å². The predicted molar refractivity (Wildman–Crippen MR) is 77.4 cm³/mol. The smallest absolute Gasteiger partial charge is 0.335 e. The first kappa shape index (κ1) is 13.3. The highest BCUT2D eigenvalue weighted by Gasteiger charge is 2.11. The van der Waals surface area contributed by atoms with E-state index in [0.29, 0.717) is 17.4 Å². The van der Waals surface area contributed by atoms with Crippen molar-refractivity contribution in [2.75, 3.05) is 7.11 Å². The summed E-state index contributed by atoms with van der Waals surface area (Å²) in [5.74, 6) is 0.0754. The standard InChI is InChI=1S/C14H10N2O4S/c1-19-9-4-8(14(17)18)5-10(6-9)20-12-11-2-3-21-13(11)16-7-15-12/h2-7H,1H3,(H,17,18). The third-order valence-corrected chi connectivity index (χ3v) is 3.62. The van der Waals surface area contributed by atoms with Crippen molar-refractivity contribution in [1.82, 2.24) is 9.97 Å². The summed E-state index contributed by atoms with van der Waals surface area (Å²) in [4.78, 5) is 20.1. The summed E-state index contributed by atoms with van der Waals surface area (Å²) in [5.41, 5.74) is 0.0833. The van der Waals surface area contributed by atoms with Crippen LogP contribution in [0.1, 0.15) is 10.4 Å². The number of aromatic carboxylic acids is 1. The summed E-state index contributed by atoms with van der Waals surface area (Å²) in [6.07, 6.45) is 1.41. The Hall–Kier alpha value is -2.67. The molecule has 3 aromatic rings. The molecule has 0 aliphatic rings. The molecule has 0 atom stereocenters. The number of carbonyl (C=O) groups is 1. The molecule has 0 bridgehead atoms. The van der Waals surface area contributed by atoms with Crippen molar-refractivity contribution in [2.24, 2.45) is 0 Å². The van der Waals surface area contributed by atoms with E-state index in [1.54, 1.807) is 6.07 Å². The molecule has 0 amide bonds. The maximum absolute atomic E-state index is 11.1. The van der Waals surface area contributed by atoms with E-state index >= 15 is 0 Å². The van der Waals surface area contributed by atoms with Gasteiger partial charge in [0.2, 0.25) is 5.88 Å². The maximum Gasteiger partial charge on any atom is 0.335 e. The average molecular weight is 302 g/mol. The van der Waals surface area contributed by atoms with Crippen LogP contribution in [0.3, 0.4) is 0 Å². The van der Waals surface area contributed by atoms with Crippen molar-refractivity contribution in [2.45, 2.75) is 0 Å². The van der Waals surface area contributed by atoms with Gasteiger partial charge in [0.1, 0.15) is 22.7 Å². The quantitative estimate of drug-likeness (QED) is 0.797. The minimum atomic E-state index is -1.05. The van der Waals surface area contributed by atoms with Gasteiger partial charge in [-0.3, -0.25) is 0 Å². The fraction of sp³-hybridized carbons (Fsp3) is 0.0714. The Bertz CT molecular complexity index is 816. The molecular weight excluding hydrogens is 292 g/mol. The minimum Gasteiger partial charge on any atom is -0.497 e. The number of hydrogen-bond acceptors (Lipinski definition) is 6. The average Bonchev–Trinajstić information content (AvgIpc) is 2.96. The van der Waals surface area contributed by atoms with Crippen LogP contribution >= 0.6 is 11.3 Å². The van der Waals surface area contributed by atoms with Crippen molar-refractivity contribution < 1.29 is 19.4 Å². The van der Waals surface area contributed by atoms with E-state index in [9.17, 15) is 4.79 Å². The van der Waals surface area contributed by atoms with Crippen molar-refractivity contribution >= 4 is 27.5 Å². The van der Waals surface area contributed by atoms with Gasteiger partial charge in [0.15, 0.2) is 0 Å². The number of fused-ring (bicyclic) bond motifs is 1. The van der Waals surface area contributed by atoms with E-state index in [1.165, 1.54) is 36.9 Å². The molecule has 1 N–H and O–H groups in total. The van der Waals surface area contributed by atoms with E-state index in [4.69, 9.17) is 14.6 Å². The number of benzene rings is 1. The van der Waals surface area contributed by atoms with Crippen molar-refractivity contribution in [3.63, 3.8) is 0 Å². The SMILES string of the molecule is COc1cc(Oc2ncnc3sccc23)cc(C(=O)O)c1. The van der Waals surface area contributed by atoms with Gasteiger partial charge in [-0.2, -0.15) is 0 Å². The summed E-state index contributed by atoms with van der Waals surface area (Å²) in [6, 6.07) is 6.31. The van der Waals surface area contributed by atoms with Crippen LogP contribution in [0.5, 0.6) is 17.4 Å². The number of nitrogens with zero attached hydrogens (tertiary/aromatic N) is 2. The van der Waals surface area contributed by atoms with Crippen LogP contribution in [0.15, 0.2) is 36.0 Å². The van der Waals surface area contributed by atoms with Gasteiger partial charge >= 0.3 is 5.97 Å². The van der Waals surface area contributed by atoms with Gasteiger partial charge in [-0.05, 0) is 23.6 Å². The fourth-order valence-electron chi connectivity index (χ4n) is 1.83. The predicted octanol–water partition coefficient (Wildman–Crippen LogP) is 3.19. The molecule has 0 saturated heterocycles. The van der Waals surface area contributed by atoms with E-state index in [-0.39, 0.29) is 5.56 Å². The highest BCUT2D eigenvalue weighted by Crippen LogP contribution is 2.31. The van der Waals surface area contributed by atoms with Crippen LogP contribution in [0.4, 0.5) is 0 Å². The monoisotopic (exact) mass is 302 g/mol. The molecule has 7 heteroatoms. The fourth-order valence-corrected chi connectivity index (χ4v) is 2.56. The molecule has 0 fully saturated rings. The Morgan fingerprint density at radius 2 is 2.05 bits per heavy atom. The van der Waals surface area contributed by atoms with Crippen LogP contribution in [-0.4, -0.2) is 28.2 Å². The largest absolute Gasteiger partial charge is 0.497 e. The molecule has 0 unspecified atom stereocenters. The topological polar surface area (TPSA) is 81.5 Å². The third-order valence-electron chi connectivity index (χ3n) is 2.80. The Morgan fingerprint density at radius 1 is 1.24 bits per heavy atom. The number of thiophene rings is 1.